The smallest absolute Gasteiger partial charge is 0.328 e. The molecule has 2 rings (SSSR count). The molecule has 0 aliphatic heterocycles. The number of phenolic OH excluding ortho intramolecular Hbond substituents is 1. The van der Waals surface area contributed by atoms with Gasteiger partial charge in [-0.3, -0.25) is 10.1 Å². The molecule has 6 heteroatoms. The van der Waals surface area contributed by atoms with E-state index in [2.05, 4.69) is 0 Å². The molecule has 0 radical (unpaired) electrons. The number of nitro benzene ring substituents is 1. The Morgan fingerprint density at radius 3 is 2.86 bits per heavy atom. The first-order valence-electron chi connectivity index (χ1n) is 3.64. The van der Waals surface area contributed by atoms with Crippen LogP contribution in [-0.2, 0) is 0 Å². The van der Waals surface area contributed by atoms with Gasteiger partial charge in [-0.1, -0.05) is 11.6 Å². The Labute approximate surface area is 87.5 Å². The summed E-state index contributed by atoms with van der Waals surface area (Å²) < 4.78 is 0.403. The van der Waals surface area contributed by atoms with Gasteiger partial charge in [-0.2, -0.15) is 0 Å². The summed E-state index contributed by atoms with van der Waals surface area (Å²) in [6.07, 6.45) is 0. The first-order valence-corrected chi connectivity index (χ1v) is 4.90. The van der Waals surface area contributed by atoms with Crippen molar-refractivity contribution in [3.63, 3.8) is 0 Å². The molecule has 1 aromatic heterocycles. The first kappa shape index (κ1) is 9.23. The maximum Gasteiger partial charge on any atom is 0.328 e. The standard InChI is InChI=1S/C8H4ClNO3S/c9-5-3-14-8-4(5)1-2-6(11)7(8)10(12)13/h1-3,11H. The Bertz CT molecular complexity index is 523. The number of benzene rings is 1. The van der Waals surface area contributed by atoms with Crippen molar-refractivity contribution in [1.29, 1.82) is 0 Å². The van der Waals surface area contributed by atoms with Crippen LogP contribution >= 0.6 is 22.9 Å². The second-order valence-corrected chi connectivity index (χ2v) is 3.94. The lowest BCUT2D eigenvalue weighted by Gasteiger charge is -1.96. The van der Waals surface area contributed by atoms with Gasteiger partial charge in [-0.25, -0.2) is 0 Å². The number of fused-ring (bicyclic) bond motifs is 1. The summed E-state index contributed by atoms with van der Waals surface area (Å²) in [7, 11) is 0. The molecular weight excluding hydrogens is 226 g/mol. The van der Waals surface area contributed by atoms with E-state index < -0.39 is 4.92 Å². The lowest BCUT2D eigenvalue weighted by atomic mass is 10.2. The largest absolute Gasteiger partial charge is 0.502 e. The third kappa shape index (κ3) is 1.21. The number of halogens is 1. The van der Waals surface area contributed by atoms with Crippen LogP contribution in [0.2, 0.25) is 5.02 Å². The van der Waals surface area contributed by atoms with E-state index in [1.165, 1.54) is 6.07 Å². The van der Waals surface area contributed by atoms with E-state index in [0.717, 1.165) is 11.3 Å². The number of phenols is 1. The molecule has 0 saturated heterocycles. The minimum atomic E-state index is -0.607. The summed E-state index contributed by atoms with van der Waals surface area (Å²) in [5.41, 5.74) is -0.278. The molecule has 0 fully saturated rings. The third-order valence-corrected chi connectivity index (χ3v) is 3.27. The van der Waals surface area contributed by atoms with Gasteiger partial charge >= 0.3 is 5.69 Å². The zero-order valence-electron chi connectivity index (χ0n) is 6.73. The Morgan fingerprint density at radius 2 is 2.21 bits per heavy atom. The van der Waals surface area contributed by atoms with Crippen LogP contribution < -0.4 is 0 Å². The molecule has 0 bridgehead atoms. The average Bonchev–Trinajstić information content (AvgIpc) is 2.47. The molecule has 0 aliphatic rings. The molecule has 1 N–H and O–H groups in total. The lowest BCUT2D eigenvalue weighted by Crippen LogP contribution is -1.88. The molecule has 0 saturated carbocycles. The Balaban J connectivity index is 2.90. The predicted molar refractivity (Wildman–Crippen MR) is 55.2 cm³/mol. The number of aromatic hydroxyl groups is 1. The SMILES string of the molecule is O=[N+]([O-])c1c(O)ccc2c(Cl)csc12. The molecule has 0 unspecified atom stereocenters. The quantitative estimate of drug-likeness (QED) is 0.603. The van der Waals surface area contributed by atoms with Crippen LogP contribution in [0.3, 0.4) is 0 Å². The van der Waals surface area contributed by atoms with Gasteiger partial charge in [0.1, 0.15) is 4.70 Å². The summed E-state index contributed by atoms with van der Waals surface area (Å²) in [4.78, 5) is 10.0. The molecule has 72 valence electrons. The van der Waals surface area contributed by atoms with Crippen LogP contribution in [0.4, 0.5) is 5.69 Å². The number of hydrogen-bond acceptors (Lipinski definition) is 4. The maximum atomic E-state index is 10.7. The van der Waals surface area contributed by atoms with Crippen molar-refractivity contribution in [2.75, 3.05) is 0 Å². The molecule has 0 amide bonds. The van der Waals surface area contributed by atoms with E-state index in [1.807, 2.05) is 0 Å². The van der Waals surface area contributed by atoms with E-state index in [0.29, 0.717) is 15.1 Å². The number of nitrogens with zero attached hydrogens (tertiary/aromatic N) is 1. The predicted octanol–water partition coefficient (Wildman–Crippen LogP) is 3.17. The monoisotopic (exact) mass is 229 g/mol. The van der Waals surface area contributed by atoms with Crippen molar-refractivity contribution in [2.45, 2.75) is 0 Å². The molecule has 1 heterocycles. The van der Waals surface area contributed by atoms with Crippen molar-refractivity contribution in [3.8, 4) is 5.75 Å². The molecule has 14 heavy (non-hydrogen) atoms. The fraction of sp³-hybridized carbons (Fsp3) is 0. The van der Waals surface area contributed by atoms with Gasteiger partial charge < -0.3 is 5.11 Å². The summed E-state index contributed by atoms with van der Waals surface area (Å²) in [6, 6.07) is 2.84. The second kappa shape index (κ2) is 3.11. The molecule has 0 atom stereocenters. The molecule has 0 spiro atoms. The van der Waals surface area contributed by atoms with Crippen LogP contribution in [0.15, 0.2) is 17.5 Å². The summed E-state index contributed by atoms with van der Waals surface area (Å²) in [5.74, 6) is -0.332. The van der Waals surface area contributed by atoms with Gasteiger partial charge in [0.25, 0.3) is 0 Å². The van der Waals surface area contributed by atoms with Crippen LogP contribution in [0.1, 0.15) is 0 Å². The number of thiophene rings is 1. The number of hydrogen-bond donors (Lipinski definition) is 1. The minimum Gasteiger partial charge on any atom is -0.502 e. The fourth-order valence-corrected chi connectivity index (χ4v) is 2.51. The summed E-state index contributed by atoms with van der Waals surface area (Å²) in [5, 5.41) is 22.6. The van der Waals surface area contributed by atoms with Crippen molar-refractivity contribution >= 4 is 38.7 Å². The first-order chi connectivity index (χ1) is 6.61. The van der Waals surface area contributed by atoms with Crippen LogP contribution in [0.25, 0.3) is 10.1 Å². The molecule has 4 nitrogen and oxygen atoms in total. The topological polar surface area (TPSA) is 63.4 Å². The van der Waals surface area contributed by atoms with Crippen LogP contribution in [0.5, 0.6) is 5.75 Å². The highest BCUT2D eigenvalue weighted by atomic mass is 35.5. The Hall–Kier alpha value is -1.33. The van der Waals surface area contributed by atoms with Crippen LogP contribution in [-0.4, -0.2) is 10.0 Å². The van der Waals surface area contributed by atoms with Crippen molar-refractivity contribution in [1.82, 2.24) is 0 Å². The summed E-state index contributed by atoms with van der Waals surface area (Å²) >= 11 is 6.96. The minimum absolute atomic E-state index is 0.278. The Kier molecular flexibility index (Phi) is 2.05. The van der Waals surface area contributed by atoms with Gasteiger partial charge in [-0.15, -0.1) is 11.3 Å². The van der Waals surface area contributed by atoms with Gasteiger partial charge in [0, 0.05) is 10.8 Å². The highest BCUT2D eigenvalue weighted by Gasteiger charge is 2.20. The third-order valence-electron chi connectivity index (χ3n) is 1.83. The Morgan fingerprint density at radius 1 is 1.50 bits per heavy atom. The van der Waals surface area contributed by atoms with E-state index >= 15 is 0 Å². The zero-order chi connectivity index (χ0) is 10.3. The van der Waals surface area contributed by atoms with E-state index in [9.17, 15) is 15.2 Å². The van der Waals surface area contributed by atoms with Crippen molar-refractivity contribution < 1.29 is 10.0 Å². The van der Waals surface area contributed by atoms with Gasteiger partial charge in [0.2, 0.25) is 0 Å². The van der Waals surface area contributed by atoms with Crippen molar-refractivity contribution in [2.24, 2.45) is 0 Å². The lowest BCUT2D eigenvalue weighted by molar-refractivity contribution is -0.383. The molecular formula is C8H4ClNO3S. The van der Waals surface area contributed by atoms with Gasteiger partial charge in [0.15, 0.2) is 5.75 Å². The molecule has 0 aliphatic carbocycles. The highest BCUT2D eigenvalue weighted by molar-refractivity contribution is 7.18. The maximum absolute atomic E-state index is 10.7. The molecule has 2 aromatic rings. The molecule has 1 aromatic carbocycles. The highest BCUT2D eigenvalue weighted by Crippen LogP contribution is 2.41. The fourth-order valence-electron chi connectivity index (χ4n) is 1.22. The summed E-state index contributed by atoms with van der Waals surface area (Å²) in [6.45, 7) is 0. The van der Waals surface area contributed by atoms with E-state index in [-0.39, 0.29) is 11.4 Å². The number of rotatable bonds is 1. The second-order valence-electron chi connectivity index (χ2n) is 2.65. The zero-order valence-corrected chi connectivity index (χ0v) is 8.30. The van der Waals surface area contributed by atoms with Gasteiger partial charge in [-0.05, 0) is 12.1 Å². The van der Waals surface area contributed by atoms with E-state index in [4.69, 9.17) is 11.6 Å². The number of nitro groups is 1. The van der Waals surface area contributed by atoms with E-state index in [1.54, 1.807) is 11.4 Å². The van der Waals surface area contributed by atoms with Crippen LogP contribution in [0, 0.1) is 10.1 Å². The normalized spacial score (nSPS) is 10.6. The average molecular weight is 230 g/mol. The van der Waals surface area contributed by atoms with Crippen molar-refractivity contribution in [3.05, 3.63) is 32.6 Å². The van der Waals surface area contributed by atoms with Gasteiger partial charge in [0.05, 0.1) is 9.95 Å².